The SMILES string of the molecule is CNCCCC(=O)OCCOCCOC. The number of hydrogen-bond donors (Lipinski definition) is 1. The first kappa shape index (κ1) is 14.3. The molecule has 0 unspecified atom stereocenters. The molecule has 0 aromatic heterocycles. The highest BCUT2D eigenvalue weighted by molar-refractivity contribution is 5.69. The summed E-state index contributed by atoms with van der Waals surface area (Å²) in [5.74, 6) is -0.166. The summed E-state index contributed by atoms with van der Waals surface area (Å²) in [6, 6.07) is 0. The summed E-state index contributed by atoms with van der Waals surface area (Å²) in [4.78, 5) is 11.1. The second-order valence-electron chi connectivity index (χ2n) is 3.03. The van der Waals surface area contributed by atoms with Gasteiger partial charge in [-0.2, -0.15) is 0 Å². The summed E-state index contributed by atoms with van der Waals surface area (Å²) < 4.78 is 14.9. The first-order valence-corrected chi connectivity index (χ1v) is 5.18. The number of rotatable bonds is 10. The Kier molecular flexibility index (Phi) is 10.9. The topological polar surface area (TPSA) is 56.8 Å². The summed E-state index contributed by atoms with van der Waals surface area (Å²) >= 11 is 0. The third-order valence-electron chi connectivity index (χ3n) is 1.73. The van der Waals surface area contributed by atoms with Crippen molar-refractivity contribution in [3.05, 3.63) is 0 Å². The molecule has 0 rings (SSSR count). The van der Waals surface area contributed by atoms with Gasteiger partial charge in [-0.3, -0.25) is 4.79 Å². The lowest BCUT2D eigenvalue weighted by Gasteiger charge is -2.05. The Bertz CT molecular complexity index is 152. The van der Waals surface area contributed by atoms with Crippen molar-refractivity contribution in [3.8, 4) is 0 Å². The third kappa shape index (κ3) is 11.3. The molecule has 0 aromatic carbocycles. The molecule has 15 heavy (non-hydrogen) atoms. The molecule has 0 aliphatic heterocycles. The van der Waals surface area contributed by atoms with Crippen molar-refractivity contribution in [2.45, 2.75) is 12.8 Å². The Balaban J connectivity index is 3.10. The van der Waals surface area contributed by atoms with Gasteiger partial charge in [-0.25, -0.2) is 0 Å². The molecule has 1 N–H and O–H groups in total. The van der Waals surface area contributed by atoms with E-state index in [0.29, 0.717) is 32.8 Å². The first-order chi connectivity index (χ1) is 7.31. The predicted molar refractivity (Wildman–Crippen MR) is 56.8 cm³/mol. The highest BCUT2D eigenvalue weighted by Gasteiger charge is 2.01. The molecule has 0 spiro atoms. The average molecular weight is 219 g/mol. The lowest BCUT2D eigenvalue weighted by Crippen LogP contribution is -2.14. The predicted octanol–water partition coefficient (Wildman–Crippen LogP) is 0.192. The molecule has 0 amide bonds. The minimum absolute atomic E-state index is 0.166. The molecule has 0 saturated carbocycles. The van der Waals surface area contributed by atoms with Crippen molar-refractivity contribution >= 4 is 5.97 Å². The second-order valence-corrected chi connectivity index (χ2v) is 3.03. The molecule has 0 saturated heterocycles. The molecule has 5 heteroatoms. The molecule has 0 fully saturated rings. The molecule has 0 aromatic rings. The number of carbonyl (C=O) groups is 1. The maximum absolute atomic E-state index is 11.1. The Morgan fingerprint density at radius 3 is 2.60 bits per heavy atom. The standard InChI is InChI=1S/C10H21NO4/c1-11-5-3-4-10(12)15-9-8-14-7-6-13-2/h11H,3-9H2,1-2H3. The number of esters is 1. The Hall–Kier alpha value is -0.650. The van der Waals surface area contributed by atoms with Crippen LogP contribution in [0.2, 0.25) is 0 Å². The zero-order chi connectivity index (χ0) is 11.4. The fourth-order valence-corrected chi connectivity index (χ4v) is 0.940. The van der Waals surface area contributed by atoms with Crippen LogP contribution in [0.15, 0.2) is 0 Å². The van der Waals surface area contributed by atoms with Crippen LogP contribution in [0.3, 0.4) is 0 Å². The van der Waals surface area contributed by atoms with Crippen LogP contribution in [0, 0.1) is 0 Å². The van der Waals surface area contributed by atoms with E-state index in [2.05, 4.69) is 5.32 Å². The summed E-state index contributed by atoms with van der Waals surface area (Å²) in [6.45, 7) is 2.69. The Morgan fingerprint density at radius 1 is 1.20 bits per heavy atom. The average Bonchev–Trinajstić information content (AvgIpc) is 2.23. The van der Waals surface area contributed by atoms with Gasteiger partial charge in [0.05, 0.1) is 19.8 Å². The van der Waals surface area contributed by atoms with Crippen molar-refractivity contribution in [3.63, 3.8) is 0 Å². The summed E-state index contributed by atoms with van der Waals surface area (Å²) in [6.07, 6.45) is 1.26. The molecule has 90 valence electrons. The van der Waals surface area contributed by atoms with E-state index in [1.807, 2.05) is 7.05 Å². The summed E-state index contributed by atoms with van der Waals surface area (Å²) in [7, 11) is 3.47. The van der Waals surface area contributed by atoms with Gasteiger partial charge < -0.3 is 19.5 Å². The van der Waals surface area contributed by atoms with Gasteiger partial charge in [-0.1, -0.05) is 0 Å². The molecular weight excluding hydrogens is 198 g/mol. The van der Waals surface area contributed by atoms with Gasteiger partial charge in [0.25, 0.3) is 0 Å². The van der Waals surface area contributed by atoms with Gasteiger partial charge in [0.1, 0.15) is 6.61 Å². The van der Waals surface area contributed by atoms with Gasteiger partial charge in [0.15, 0.2) is 0 Å². The van der Waals surface area contributed by atoms with Crippen LogP contribution in [0.25, 0.3) is 0 Å². The number of nitrogens with one attached hydrogen (secondary N) is 1. The van der Waals surface area contributed by atoms with Crippen LogP contribution >= 0.6 is 0 Å². The second kappa shape index (κ2) is 11.4. The van der Waals surface area contributed by atoms with Gasteiger partial charge in [-0.05, 0) is 20.0 Å². The van der Waals surface area contributed by atoms with E-state index < -0.39 is 0 Å². The van der Waals surface area contributed by atoms with Crippen LogP contribution in [0.1, 0.15) is 12.8 Å². The number of methoxy groups -OCH3 is 1. The fourth-order valence-electron chi connectivity index (χ4n) is 0.940. The van der Waals surface area contributed by atoms with Crippen molar-refractivity contribution < 1.29 is 19.0 Å². The van der Waals surface area contributed by atoms with E-state index in [9.17, 15) is 4.79 Å². The maximum atomic E-state index is 11.1. The van der Waals surface area contributed by atoms with Crippen LogP contribution in [0.5, 0.6) is 0 Å². The summed E-state index contributed by atoms with van der Waals surface area (Å²) in [5.41, 5.74) is 0. The largest absolute Gasteiger partial charge is 0.463 e. The lowest BCUT2D eigenvalue weighted by molar-refractivity contribution is -0.145. The van der Waals surface area contributed by atoms with Crippen molar-refractivity contribution in [2.24, 2.45) is 0 Å². The molecule has 0 radical (unpaired) electrons. The Morgan fingerprint density at radius 2 is 1.93 bits per heavy atom. The quantitative estimate of drug-likeness (QED) is 0.420. The fraction of sp³-hybridized carbons (Fsp3) is 0.900. The molecule has 0 bridgehead atoms. The van der Waals surface area contributed by atoms with E-state index in [4.69, 9.17) is 14.2 Å². The number of hydrogen-bond acceptors (Lipinski definition) is 5. The van der Waals surface area contributed by atoms with E-state index in [1.54, 1.807) is 7.11 Å². The molecule has 0 atom stereocenters. The van der Waals surface area contributed by atoms with Gasteiger partial charge >= 0.3 is 5.97 Å². The van der Waals surface area contributed by atoms with Gasteiger partial charge in [0.2, 0.25) is 0 Å². The van der Waals surface area contributed by atoms with E-state index in [1.165, 1.54) is 0 Å². The van der Waals surface area contributed by atoms with Crippen molar-refractivity contribution in [1.29, 1.82) is 0 Å². The molecule has 0 aliphatic carbocycles. The van der Waals surface area contributed by atoms with Crippen LogP contribution in [0.4, 0.5) is 0 Å². The first-order valence-electron chi connectivity index (χ1n) is 5.18. The maximum Gasteiger partial charge on any atom is 0.305 e. The zero-order valence-electron chi connectivity index (χ0n) is 9.58. The van der Waals surface area contributed by atoms with E-state index in [-0.39, 0.29) is 5.97 Å². The molecular formula is C10H21NO4. The molecule has 0 aliphatic rings. The monoisotopic (exact) mass is 219 g/mol. The van der Waals surface area contributed by atoms with E-state index in [0.717, 1.165) is 13.0 Å². The smallest absolute Gasteiger partial charge is 0.305 e. The van der Waals surface area contributed by atoms with E-state index >= 15 is 0 Å². The van der Waals surface area contributed by atoms with Crippen molar-refractivity contribution in [1.82, 2.24) is 5.32 Å². The van der Waals surface area contributed by atoms with Gasteiger partial charge in [-0.15, -0.1) is 0 Å². The van der Waals surface area contributed by atoms with Crippen molar-refractivity contribution in [2.75, 3.05) is 47.1 Å². The molecule has 0 heterocycles. The number of ether oxygens (including phenoxy) is 3. The van der Waals surface area contributed by atoms with Gasteiger partial charge in [0, 0.05) is 13.5 Å². The highest BCUT2D eigenvalue weighted by Crippen LogP contribution is 1.91. The summed E-state index contributed by atoms with van der Waals surface area (Å²) in [5, 5.41) is 2.97. The highest BCUT2D eigenvalue weighted by atomic mass is 16.6. The number of carbonyl (C=O) groups excluding carboxylic acids is 1. The minimum atomic E-state index is -0.166. The third-order valence-corrected chi connectivity index (χ3v) is 1.73. The normalized spacial score (nSPS) is 10.3. The van der Waals surface area contributed by atoms with Crippen LogP contribution in [-0.4, -0.2) is 53.1 Å². The molecule has 5 nitrogen and oxygen atoms in total. The van der Waals surface area contributed by atoms with Crippen LogP contribution in [-0.2, 0) is 19.0 Å². The zero-order valence-corrected chi connectivity index (χ0v) is 9.58. The minimum Gasteiger partial charge on any atom is -0.463 e. The van der Waals surface area contributed by atoms with Crippen LogP contribution < -0.4 is 5.32 Å². The lowest BCUT2D eigenvalue weighted by atomic mass is 10.3. The Labute approximate surface area is 91.1 Å².